The van der Waals surface area contributed by atoms with E-state index in [9.17, 15) is 4.79 Å². The van der Waals surface area contributed by atoms with E-state index < -0.39 is 11.7 Å². The van der Waals surface area contributed by atoms with E-state index >= 15 is 0 Å². The zero-order valence-corrected chi connectivity index (χ0v) is 15.3. The highest BCUT2D eigenvalue weighted by Crippen LogP contribution is 2.16. The molecule has 5 nitrogen and oxygen atoms in total. The SMILES string of the molecule is COc1ccc(CCNc2ccc(NC(=O)OC(C)(C)C)cc2)cc1. The van der Waals surface area contributed by atoms with Crippen molar-refractivity contribution in [2.45, 2.75) is 32.8 Å². The van der Waals surface area contributed by atoms with Crippen molar-refractivity contribution in [2.75, 3.05) is 24.3 Å². The highest BCUT2D eigenvalue weighted by atomic mass is 16.6. The summed E-state index contributed by atoms with van der Waals surface area (Å²) in [4.78, 5) is 11.7. The van der Waals surface area contributed by atoms with Crippen LogP contribution in [0.1, 0.15) is 26.3 Å². The molecule has 1 amide bonds. The summed E-state index contributed by atoms with van der Waals surface area (Å²) in [6.07, 6.45) is 0.467. The predicted octanol–water partition coefficient (Wildman–Crippen LogP) is 4.70. The molecule has 0 unspecified atom stereocenters. The lowest BCUT2D eigenvalue weighted by Crippen LogP contribution is -2.27. The molecule has 0 aliphatic rings. The maximum Gasteiger partial charge on any atom is 0.412 e. The van der Waals surface area contributed by atoms with Crippen LogP contribution in [-0.2, 0) is 11.2 Å². The molecule has 2 N–H and O–H groups in total. The number of carbonyl (C=O) groups is 1. The average molecular weight is 342 g/mol. The Hall–Kier alpha value is -2.69. The third-order valence-corrected chi connectivity index (χ3v) is 3.43. The number of nitrogens with one attached hydrogen (secondary N) is 2. The molecular weight excluding hydrogens is 316 g/mol. The topological polar surface area (TPSA) is 59.6 Å². The molecule has 2 rings (SSSR count). The molecule has 0 aliphatic heterocycles. The van der Waals surface area contributed by atoms with E-state index in [4.69, 9.17) is 9.47 Å². The van der Waals surface area contributed by atoms with E-state index in [-0.39, 0.29) is 0 Å². The smallest absolute Gasteiger partial charge is 0.412 e. The minimum absolute atomic E-state index is 0.451. The number of hydrogen-bond acceptors (Lipinski definition) is 4. The number of benzene rings is 2. The Morgan fingerprint density at radius 3 is 2.12 bits per heavy atom. The number of ether oxygens (including phenoxy) is 2. The van der Waals surface area contributed by atoms with Gasteiger partial charge in [-0.1, -0.05) is 12.1 Å². The van der Waals surface area contributed by atoms with Crippen LogP contribution >= 0.6 is 0 Å². The first kappa shape index (κ1) is 18.6. The summed E-state index contributed by atoms with van der Waals surface area (Å²) in [5.41, 5.74) is 2.45. The normalized spacial score (nSPS) is 10.9. The van der Waals surface area contributed by atoms with E-state index in [2.05, 4.69) is 22.8 Å². The third kappa shape index (κ3) is 6.75. The van der Waals surface area contributed by atoms with Crippen molar-refractivity contribution in [3.8, 4) is 5.75 Å². The molecule has 0 bridgehead atoms. The maximum absolute atomic E-state index is 11.7. The highest BCUT2D eigenvalue weighted by molar-refractivity contribution is 5.85. The Morgan fingerprint density at radius 1 is 0.960 bits per heavy atom. The lowest BCUT2D eigenvalue weighted by molar-refractivity contribution is 0.0636. The Labute approximate surface area is 149 Å². The van der Waals surface area contributed by atoms with Crippen molar-refractivity contribution in [3.63, 3.8) is 0 Å². The third-order valence-electron chi connectivity index (χ3n) is 3.43. The number of anilines is 2. The summed E-state index contributed by atoms with van der Waals surface area (Å²) in [5, 5.41) is 6.08. The Bertz CT molecular complexity index is 674. The van der Waals surface area contributed by atoms with Crippen molar-refractivity contribution >= 4 is 17.5 Å². The zero-order chi connectivity index (χ0) is 18.3. The van der Waals surface area contributed by atoms with Gasteiger partial charge in [-0.3, -0.25) is 5.32 Å². The van der Waals surface area contributed by atoms with Crippen LogP contribution in [0.25, 0.3) is 0 Å². The number of amides is 1. The number of rotatable bonds is 6. The van der Waals surface area contributed by atoms with E-state index in [1.165, 1.54) is 5.56 Å². The highest BCUT2D eigenvalue weighted by Gasteiger charge is 2.15. The van der Waals surface area contributed by atoms with Crippen LogP contribution in [-0.4, -0.2) is 25.3 Å². The molecule has 2 aromatic carbocycles. The first-order valence-corrected chi connectivity index (χ1v) is 8.32. The van der Waals surface area contributed by atoms with Gasteiger partial charge in [-0.2, -0.15) is 0 Å². The summed E-state index contributed by atoms with van der Waals surface area (Å²) in [6, 6.07) is 15.6. The van der Waals surface area contributed by atoms with E-state index in [1.54, 1.807) is 7.11 Å². The van der Waals surface area contributed by atoms with Gasteiger partial charge in [0.05, 0.1) is 7.11 Å². The van der Waals surface area contributed by atoms with Gasteiger partial charge in [0, 0.05) is 17.9 Å². The fraction of sp³-hybridized carbons (Fsp3) is 0.350. The first-order valence-electron chi connectivity index (χ1n) is 8.32. The Kier molecular flexibility index (Phi) is 6.28. The largest absolute Gasteiger partial charge is 0.497 e. The molecule has 0 aromatic heterocycles. The molecule has 0 radical (unpaired) electrons. The molecule has 25 heavy (non-hydrogen) atoms. The summed E-state index contributed by atoms with van der Waals surface area (Å²) in [5.74, 6) is 0.866. The summed E-state index contributed by atoms with van der Waals surface area (Å²) >= 11 is 0. The number of hydrogen-bond donors (Lipinski definition) is 2. The molecule has 0 spiro atoms. The average Bonchev–Trinajstić information content (AvgIpc) is 2.55. The summed E-state index contributed by atoms with van der Waals surface area (Å²) < 4.78 is 10.4. The Morgan fingerprint density at radius 2 is 1.56 bits per heavy atom. The molecule has 0 saturated heterocycles. The minimum atomic E-state index is -0.507. The molecule has 0 aliphatic carbocycles. The summed E-state index contributed by atoms with van der Waals surface area (Å²) in [7, 11) is 1.66. The lowest BCUT2D eigenvalue weighted by Gasteiger charge is -2.19. The second kappa shape index (κ2) is 8.42. The van der Waals surface area contributed by atoms with Gasteiger partial charge in [-0.05, 0) is 69.2 Å². The van der Waals surface area contributed by atoms with Crippen molar-refractivity contribution in [1.29, 1.82) is 0 Å². The van der Waals surface area contributed by atoms with Crippen LogP contribution in [0.5, 0.6) is 5.75 Å². The lowest BCUT2D eigenvalue weighted by atomic mass is 10.1. The van der Waals surface area contributed by atoms with E-state index in [1.807, 2.05) is 57.2 Å². The van der Waals surface area contributed by atoms with Crippen molar-refractivity contribution < 1.29 is 14.3 Å². The summed E-state index contributed by atoms with van der Waals surface area (Å²) in [6.45, 7) is 6.33. The molecule has 0 saturated carbocycles. The molecule has 0 atom stereocenters. The van der Waals surface area contributed by atoms with Gasteiger partial charge < -0.3 is 14.8 Å². The van der Waals surface area contributed by atoms with Crippen LogP contribution in [0.15, 0.2) is 48.5 Å². The molecule has 0 heterocycles. The number of methoxy groups -OCH3 is 1. The van der Waals surface area contributed by atoms with Crippen LogP contribution < -0.4 is 15.4 Å². The quantitative estimate of drug-likeness (QED) is 0.799. The Balaban J connectivity index is 1.78. The second-order valence-electron chi connectivity index (χ2n) is 6.73. The molecule has 0 fully saturated rings. The van der Waals surface area contributed by atoms with Gasteiger partial charge in [0.2, 0.25) is 0 Å². The van der Waals surface area contributed by atoms with Gasteiger partial charge >= 0.3 is 6.09 Å². The predicted molar refractivity (Wildman–Crippen MR) is 101 cm³/mol. The second-order valence-corrected chi connectivity index (χ2v) is 6.73. The zero-order valence-electron chi connectivity index (χ0n) is 15.3. The van der Waals surface area contributed by atoms with Crippen LogP contribution in [0.3, 0.4) is 0 Å². The minimum Gasteiger partial charge on any atom is -0.497 e. The number of carbonyl (C=O) groups excluding carboxylic acids is 1. The van der Waals surface area contributed by atoms with Crippen molar-refractivity contribution in [3.05, 3.63) is 54.1 Å². The van der Waals surface area contributed by atoms with Gasteiger partial charge in [-0.25, -0.2) is 4.79 Å². The van der Waals surface area contributed by atoms with Crippen molar-refractivity contribution in [1.82, 2.24) is 0 Å². The molecule has 134 valence electrons. The monoisotopic (exact) mass is 342 g/mol. The van der Waals surface area contributed by atoms with E-state index in [0.717, 1.165) is 24.4 Å². The van der Waals surface area contributed by atoms with Crippen molar-refractivity contribution in [2.24, 2.45) is 0 Å². The van der Waals surface area contributed by atoms with Gasteiger partial charge in [-0.15, -0.1) is 0 Å². The molecule has 2 aromatic rings. The van der Waals surface area contributed by atoms with Crippen LogP contribution in [0.2, 0.25) is 0 Å². The first-order chi connectivity index (χ1) is 11.9. The standard InChI is InChI=1S/C20H26N2O3/c1-20(2,3)25-19(23)22-17-9-7-16(8-10-17)21-14-13-15-5-11-18(24-4)12-6-15/h5-12,21H,13-14H2,1-4H3,(H,22,23). The van der Waals surface area contributed by atoms with Crippen LogP contribution in [0.4, 0.5) is 16.2 Å². The van der Waals surface area contributed by atoms with Crippen LogP contribution in [0, 0.1) is 0 Å². The maximum atomic E-state index is 11.7. The fourth-order valence-electron chi connectivity index (χ4n) is 2.24. The molecule has 5 heteroatoms. The van der Waals surface area contributed by atoms with Gasteiger partial charge in [0.1, 0.15) is 11.4 Å². The molecular formula is C20H26N2O3. The van der Waals surface area contributed by atoms with E-state index in [0.29, 0.717) is 5.69 Å². The fourth-order valence-corrected chi connectivity index (χ4v) is 2.24. The van der Waals surface area contributed by atoms with Gasteiger partial charge in [0.15, 0.2) is 0 Å². The van der Waals surface area contributed by atoms with Gasteiger partial charge in [0.25, 0.3) is 0 Å².